The summed E-state index contributed by atoms with van der Waals surface area (Å²) in [7, 11) is 0. The molecule has 2 saturated heterocycles. The highest BCUT2D eigenvalue weighted by Gasteiger charge is 2.49. The van der Waals surface area contributed by atoms with Crippen molar-refractivity contribution in [3.63, 3.8) is 0 Å². The predicted molar refractivity (Wildman–Crippen MR) is 69.1 cm³/mol. The van der Waals surface area contributed by atoms with E-state index in [9.17, 15) is 9.90 Å². The number of aliphatic hydroxyl groups is 1. The van der Waals surface area contributed by atoms with Gasteiger partial charge in [0.15, 0.2) is 0 Å². The third-order valence-electron chi connectivity index (χ3n) is 4.65. The molecule has 0 spiro atoms. The number of carbonyl (C=O) groups is 1. The van der Waals surface area contributed by atoms with Crippen LogP contribution in [-0.4, -0.2) is 30.1 Å². The van der Waals surface area contributed by atoms with Gasteiger partial charge < -0.3 is 14.6 Å². The van der Waals surface area contributed by atoms with Gasteiger partial charge in [0.2, 0.25) is 6.29 Å². The van der Waals surface area contributed by atoms with Gasteiger partial charge in [-0.05, 0) is 23.0 Å². The quantitative estimate of drug-likeness (QED) is 0.579. The summed E-state index contributed by atoms with van der Waals surface area (Å²) in [6.07, 6.45) is 2.19. The average molecular weight is 264 g/mol. The van der Waals surface area contributed by atoms with Crippen molar-refractivity contribution in [3.05, 3.63) is 23.8 Å². The molecule has 1 saturated carbocycles. The van der Waals surface area contributed by atoms with Gasteiger partial charge in [0.05, 0.1) is 25.0 Å². The van der Waals surface area contributed by atoms with Crippen molar-refractivity contribution in [3.8, 4) is 0 Å². The summed E-state index contributed by atoms with van der Waals surface area (Å²) in [4.78, 5) is 11.4. The molecule has 1 N–H and O–H groups in total. The van der Waals surface area contributed by atoms with E-state index in [2.05, 4.69) is 20.4 Å². The van der Waals surface area contributed by atoms with Gasteiger partial charge in [-0.3, -0.25) is 4.79 Å². The minimum atomic E-state index is -0.497. The van der Waals surface area contributed by atoms with E-state index in [1.54, 1.807) is 0 Å². The van der Waals surface area contributed by atoms with E-state index in [0.29, 0.717) is 13.0 Å². The van der Waals surface area contributed by atoms with E-state index >= 15 is 0 Å². The van der Waals surface area contributed by atoms with Crippen molar-refractivity contribution in [1.82, 2.24) is 0 Å². The fourth-order valence-corrected chi connectivity index (χ4v) is 3.59. The van der Waals surface area contributed by atoms with Crippen molar-refractivity contribution < 1.29 is 19.4 Å². The molecular formula is C15H20O4. The molecule has 3 fully saturated rings. The van der Waals surface area contributed by atoms with E-state index in [4.69, 9.17) is 9.47 Å². The molecule has 19 heavy (non-hydrogen) atoms. The molecule has 104 valence electrons. The predicted octanol–water partition coefficient (Wildman–Crippen LogP) is 1.80. The Kier molecular flexibility index (Phi) is 2.84. The number of hydrogen-bond acceptors (Lipinski definition) is 4. The molecule has 0 aromatic heterocycles. The van der Waals surface area contributed by atoms with E-state index < -0.39 is 12.4 Å². The van der Waals surface area contributed by atoms with Gasteiger partial charge in [-0.25, -0.2) is 0 Å². The van der Waals surface area contributed by atoms with E-state index in [-0.39, 0.29) is 23.2 Å². The topological polar surface area (TPSA) is 55.8 Å². The van der Waals surface area contributed by atoms with Gasteiger partial charge in [0.25, 0.3) is 0 Å². The molecule has 2 aliphatic heterocycles. The minimum Gasteiger partial charge on any atom is -0.435 e. The molecule has 4 heteroatoms. The first-order chi connectivity index (χ1) is 8.94. The first-order valence-corrected chi connectivity index (χ1v) is 6.78. The van der Waals surface area contributed by atoms with Crippen LogP contribution in [0.15, 0.2) is 23.8 Å². The fourth-order valence-electron chi connectivity index (χ4n) is 3.59. The second-order valence-electron chi connectivity index (χ2n) is 6.40. The fraction of sp³-hybridized carbons (Fsp3) is 0.667. The number of carbonyl (C=O) groups excluding carboxylic acids is 1. The molecule has 0 aromatic rings. The minimum absolute atomic E-state index is 0.0199. The standard InChI is InChI=1S/C15H20O4/c1-4-8-6-15(2,3)13(17)12(8)10-7-18-14-9(10)5-11(16)19-14/h4,8-9,13-14,17H,1,5-7H2,2-3H3/b12-10+/t8-,9+,13-,14+/m1/s1. The van der Waals surface area contributed by atoms with Crippen molar-refractivity contribution in [2.75, 3.05) is 6.61 Å². The third kappa shape index (κ3) is 1.85. The Morgan fingerprint density at radius 1 is 1.47 bits per heavy atom. The molecule has 0 bridgehead atoms. The summed E-state index contributed by atoms with van der Waals surface area (Å²) in [5, 5.41) is 10.6. The summed E-state index contributed by atoms with van der Waals surface area (Å²) < 4.78 is 10.7. The molecule has 0 aromatic carbocycles. The van der Waals surface area contributed by atoms with Gasteiger partial charge in [-0.2, -0.15) is 0 Å². The third-order valence-corrected chi connectivity index (χ3v) is 4.65. The first kappa shape index (κ1) is 12.9. The lowest BCUT2D eigenvalue weighted by Crippen LogP contribution is -2.25. The largest absolute Gasteiger partial charge is 0.435 e. The highest BCUT2D eigenvalue weighted by Crippen LogP contribution is 2.50. The lowest BCUT2D eigenvalue weighted by atomic mass is 9.86. The number of rotatable bonds is 1. The molecule has 3 aliphatic rings. The van der Waals surface area contributed by atoms with Crippen LogP contribution in [-0.2, 0) is 14.3 Å². The zero-order valence-electron chi connectivity index (χ0n) is 11.4. The van der Waals surface area contributed by atoms with Gasteiger partial charge in [-0.1, -0.05) is 19.9 Å². The highest BCUT2D eigenvalue weighted by molar-refractivity contribution is 5.73. The number of fused-ring (bicyclic) bond motifs is 1. The van der Waals surface area contributed by atoms with Crippen LogP contribution >= 0.6 is 0 Å². The lowest BCUT2D eigenvalue weighted by Gasteiger charge is -2.23. The summed E-state index contributed by atoms with van der Waals surface area (Å²) in [5.74, 6) is -0.0683. The van der Waals surface area contributed by atoms with Crippen LogP contribution in [0, 0.1) is 17.3 Å². The van der Waals surface area contributed by atoms with Crippen LogP contribution < -0.4 is 0 Å². The van der Waals surface area contributed by atoms with E-state index in [0.717, 1.165) is 17.6 Å². The van der Waals surface area contributed by atoms with Crippen LogP contribution in [0.25, 0.3) is 0 Å². The number of allylic oxidation sites excluding steroid dienone is 1. The molecule has 3 rings (SSSR count). The maximum absolute atomic E-state index is 11.4. The second kappa shape index (κ2) is 4.18. The van der Waals surface area contributed by atoms with Crippen LogP contribution in [0.1, 0.15) is 26.7 Å². The van der Waals surface area contributed by atoms with Gasteiger partial charge in [0, 0.05) is 5.92 Å². The maximum atomic E-state index is 11.4. The van der Waals surface area contributed by atoms with Crippen LogP contribution in [0.4, 0.5) is 0 Å². The van der Waals surface area contributed by atoms with E-state index in [1.165, 1.54) is 0 Å². The molecule has 0 unspecified atom stereocenters. The average Bonchev–Trinajstić information content (AvgIpc) is 2.93. The maximum Gasteiger partial charge on any atom is 0.308 e. The monoisotopic (exact) mass is 264 g/mol. The van der Waals surface area contributed by atoms with Gasteiger partial charge >= 0.3 is 5.97 Å². The summed E-state index contributed by atoms with van der Waals surface area (Å²) in [6, 6.07) is 0. The number of ether oxygens (including phenoxy) is 2. The zero-order valence-corrected chi connectivity index (χ0v) is 11.4. The second-order valence-corrected chi connectivity index (χ2v) is 6.40. The molecule has 2 heterocycles. The van der Waals surface area contributed by atoms with Crippen molar-refractivity contribution >= 4 is 5.97 Å². The molecule has 4 atom stereocenters. The Balaban J connectivity index is 2.01. The number of esters is 1. The summed E-state index contributed by atoms with van der Waals surface area (Å²) >= 11 is 0. The molecule has 1 aliphatic carbocycles. The van der Waals surface area contributed by atoms with Crippen LogP contribution in [0.5, 0.6) is 0 Å². The SMILES string of the molecule is C=C[C@@H]1CC(C)(C)[C@H](O)/C1=C1\CO[C@H]2OC(=O)C[C@@H]12. The smallest absolute Gasteiger partial charge is 0.308 e. The Morgan fingerprint density at radius 3 is 2.89 bits per heavy atom. The van der Waals surface area contributed by atoms with Gasteiger partial charge in [-0.15, -0.1) is 6.58 Å². The first-order valence-electron chi connectivity index (χ1n) is 6.78. The molecule has 4 nitrogen and oxygen atoms in total. The Morgan fingerprint density at radius 2 is 2.21 bits per heavy atom. The molecular weight excluding hydrogens is 244 g/mol. The molecule has 0 radical (unpaired) electrons. The lowest BCUT2D eigenvalue weighted by molar-refractivity contribution is -0.158. The van der Waals surface area contributed by atoms with Gasteiger partial charge in [0.1, 0.15) is 0 Å². The zero-order chi connectivity index (χ0) is 13.8. The molecule has 0 amide bonds. The Hall–Kier alpha value is -1.13. The van der Waals surface area contributed by atoms with Crippen molar-refractivity contribution in [2.24, 2.45) is 17.3 Å². The van der Waals surface area contributed by atoms with Crippen molar-refractivity contribution in [2.45, 2.75) is 39.1 Å². The summed E-state index contributed by atoms with van der Waals surface area (Å²) in [6.45, 7) is 8.46. The summed E-state index contributed by atoms with van der Waals surface area (Å²) in [5.41, 5.74) is 1.90. The number of hydrogen-bond donors (Lipinski definition) is 1. The highest BCUT2D eigenvalue weighted by atomic mass is 16.7. The number of aliphatic hydroxyl groups excluding tert-OH is 1. The normalized spacial score (nSPS) is 44.3. The Bertz CT molecular complexity index is 463. The van der Waals surface area contributed by atoms with Crippen molar-refractivity contribution in [1.29, 1.82) is 0 Å². The Labute approximate surface area is 113 Å². The van der Waals surface area contributed by atoms with Crippen LogP contribution in [0.3, 0.4) is 0 Å². The van der Waals surface area contributed by atoms with E-state index in [1.807, 2.05) is 6.08 Å². The van der Waals surface area contributed by atoms with Crippen LogP contribution in [0.2, 0.25) is 0 Å².